The molecular weight excluding hydrogens is 200 g/mol. The van der Waals surface area contributed by atoms with Gasteiger partial charge in [-0.2, -0.15) is 0 Å². The van der Waals surface area contributed by atoms with Crippen molar-refractivity contribution in [2.24, 2.45) is 0 Å². The van der Waals surface area contributed by atoms with Gasteiger partial charge in [-0.3, -0.25) is 0 Å². The largest absolute Gasteiger partial charge is 1.00 e. The van der Waals surface area contributed by atoms with Crippen LogP contribution in [0.3, 0.4) is 0 Å². The van der Waals surface area contributed by atoms with E-state index in [4.69, 9.17) is 0 Å². The van der Waals surface area contributed by atoms with Crippen LogP contribution in [0.15, 0.2) is 30.8 Å². The highest BCUT2D eigenvalue weighted by molar-refractivity contribution is 7.94. The van der Waals surface area contributed by atoms with Crippen LogP contribution >= 0.6 is 0 Å². The summed E-state index contributed by atoms with van der Waals surface area (Å²) >= 11 is 0. The van der Waals surface area contributed by atoms with Crippen molar-refractivity contribution in [3.63, 3.8) is 0 Å². The predicted octanol–water partition coefficient (Wildman–Crippen LogP) is -0.288. The molecule has 1 rings (SSSR count). The highest BCUT2D eigenvalue weighted by Gasteiger charge is 2.06. The zero-order valence-corrected chi connectivity index (χ0v) is 9.66. The molecule has 0 atom stereocenters. The lowest BCUT2D eigenvalue weighted by atomic mass is 10.1. The summed E-state index contributed by atoms with van der Waals surface area (Å²) in [6, 6.07) is 8.46. The molecule has 0 saturated carbocycles. The molecule has 0 aliphatic carbocycles. The van der Waals surface area contributed by atoms with Crippen LogP contribution in [0.1, 0.15) is 11.1 Å². The molecule has 72 valence electrons. The summed E-state index contributed by atoms with van der Waals surface area (Å²) in [6.45, 7) is 3.80. The van der Waals surface area contributed by atoms with Crippen molar-refractivity contribution in [1.29, 1.82) is 0 Å². The average molecular weight is 215 g/mol. The van der Waals surface area contributed by atoms with Crippen molar-refractivity contribution in [1.82, 2.24) is 0 Å². The number of halogens is 1. The van der Waals surface area contributed by atoms with Crippen molar-refractivity contribution >= 4 is 17.0 Å². The van der Waals surface area contributed by atoms with Gasteiger partial charge in [0.05, 0.1) is 12.5 Å². The minimum absolute atomic E-state index is 0. The van der Waals surface area contributed by atoms with Gasteiger partial charge in [-0.05, 0) is 16.5 Å². The van der Waals surface area contributed by atoms with Gasteiger partial charge in [0, 0.05) is 5.56 Å². The van der Waals surface area contributed by atoms with Crippen molar-refractivity contribution in [3.8, 4) is 0 Å². The van der Waals surface area contributed by atoms with E-state index in [2.05, 4.69) is 43.4 Å². The normalized spacial score (nSPS) is 9.46. The lowest BCUT2D eigenvalue weighted by Crippen LogP contribution is -3.00. The summed E-state index contributed by atoms with van der Waals surface area (Å²) in [5, 5.41) is 0. The Labute approximate surface area is 89.8 Å². The van der Waals surface area contributed by atoms with Crippen LogP contribution in [0.4, 0.5) is 0 Å². The lowest BCUT2D eigenvalue weighted by molar-refractivity contribution is -0.00000259. The Morgan fingerprint density at radius 3 is 2.46 bits per heavy atom. The second kappa shape index (κ2) is 6.11. The van der Waals surface area contributed by atoms with Gasteiger partial charge < -0.3 is 12.4 Å². The zero-order valence-electron chi connectivity index (χ0n) is 8.09. The van der Waals surface area contributed by atoms with E-state index in [-0.39, 0.29) is 12.4 Å². The summed E-state index contributed by atoms with van der Waals surface area (Å²) in [7, 11) is 0.474. The molecule has 13 heavy (non-hydrogen) atoms. The minimum atomic E-state index is 0. The smallest absolute Gasteiger partial charge is 0.133 e. The molecule has 0 bridgehead atoms. The molecule has 0 N–H and O–H groups in total. The third-order valence-corrected chi connectivity index (χ3v) is 2.61. The second-order valence-corrected chi connectivity index (χ2v) is 5.29. The van der Waals surface area contributed by atoms with Crippen molar-refractivity contribution < 1.29 is 12.4 Å². The molecule has 0 amide bonds. The van der Waals surface area contributed by atoms with E-state index >= 15 is 0 Å². The molecule has 0 aliphatic heterocycles. The van der Waals surface area contributed by atoms with Crippen molar-refractivity contribution in [2.45, 2.75) is 5.75 Å². The number of rotatable bonds is 3. The highest BCUT2D eigenvalue weighted by Crippen LogP contribution is 2.12. The van der Waals surface area contributed by atoms with Crippen LogP contribution in [-0.2, 0) is 16.6 Å². The molecule has 0 saturated heterocycles. The van der Waals surface area contributed by atoms with Gasteiger partial charge in [0.1, 0.15) is 5.75 Å². The molecule has 0 spiro atoms. The van der Waals surface area contributed by atoms with Crippen molar-refractivity contribution in [3.05, 3.63) is 42.0 Å². The standard InChI is InChI=1S/C11H15S.ClH/c1-4-10-7-5-6-8-11(10)9-12(2)3;/h4-8H,1,9H2,2-3H3;1H/q+1;/p-1. The first-order valence-electron chi connectivity index (χ1n) is 3.98. The first-order chi connectivity index (χ1) is 5.74. The Morgan fingerprint density at radius 2 is 1.92 bits per heavy atom. The summed E-state index contributed by atoms with van der Waals surface area (Å²) in [6.07, 6.45) is 6.46. The average Bonchev–Trinajstić information content (AvgIpc) is 2.04. The Hall–Kier alpha value is -0.400. The van der Waals surface area contributed by atoms with E-state index in [1.54, 1.807) is 0 Å². The van der Waals surface area contributed by atoms with E-state index in [0.717, 1.165) is 0 Å². The van der Waals surface area contributed by atoms with Gasteiger partial charge >= 0.3 is 0 Å². The summed E-state index contributed by atoms with van der Waals surface area (Å²) in [5.41, 5.74) is 2.69. The van der Waals surface area contributed by atoms with E-state index in [1.807, 2.05) is 6.08 Å². The Bertz CT molecular complexity index is 269. The molecule has 0 heterocycles. The van der Waals surface area contributed by atoms with Gasteiger partial charge in [-0.25, -0.2) is 0 Å². The Morgan fingerprint density at radius 1 is 1.31 bits per heavy atom. The third kappa shape index (κ3) is 3.88. The third-order valence-electron chi connectivity index (χ3n) is 1.72. The first kappa shape index (κ1) is 12.6. The minimum Gasteiger partial charge on any atom is -1.00 e. The first-order valence-corrected chi connectivity index (χ1v) is 6.19. The molecule has 0 aromatic heterocycles. The summed E-state index contributed by atoms with van der Waals surface area (Å²) < 4.78 is 0. The molecule has 2 heteroatoms. The molecule has 0 nitrogen and oxygen atoms in total. The molecular formula is C11H15ClS. The van der Waals surface area contributed by atoms with Crippen LogP contribution in [0.5, 0.6) is 0 Å². The van der Waals surface area contributed by atoms with E-state index in [1.165, 1.54) is 16.9 Å². The van der Waals surface area contributed by atoms with Crippen LogP contribution in [0.25, 0.3) is 6.08 Å². The van der Waals surface area contributed by atoms with Gasteiger partial charge in [-0.1, -0.05) is 36.9 Å². The molecule has 0 unspecified atom stereocenters. The van der Waals surface area contributed by atoms with Crippen LogP contribution < -0.4 is 12.4 Å². The van der Waals surface area contributed by atoms with E-state index < -0.39 is 0 Å². The SMILES string of the molecule is C=Cc1ccccc1C[S+](C)C.[Cl-]. The van der Waals surface area contributed by atoms with Crippen LogP contribution in [0, 0.1) is 0 Å². The van der Waals surface area contributed by atoms with Gasteiger partial charge in [0.15, 0.2) is 0 Å². The molecule has 0 aliphatic rings. The van der Waals surface area contributed by atoms with Crippen LogP contribution in [-0.4, -0.2) is 12.5 Å². The Kier molecular flexibility index (Phi) is 5.93. The maximum atomic E-state index is 3.80. The fourth-order valence-corrected chi connectivity index (χ4v) is 2.06. The second-order valence-electron chi connectivity index (χ2n) is 3.03. The van der Waals surface area contributed by atoms with E-state index in [9.17, 15) is 0 Å². The fraction of sp³-hybridized carbons (Fsp3) is 0.273. The summed E-state index contributed by atoms with van der Waals surface area (Å²) in [5.74, 6) is 1.17. The monoisotopic (exact) mass is 214 g/mol. The highest BCUT2D eigenvalue weighted by atomic mass is 35.5. The quantitative estimate of drug-likeness (QED) is 0.607. The van der Waals surface area contributed by atoms with Gasteiger partial charge in [0.25, 0.3) is 0 Å². The van der Waals surface area contributed by atoms with E-state index in [0.29, 0.717) is 10.9 Å². The molecule has 1 aromatic carbocycles. The number of hydrogen-bond donors (Lipinski definition) is 0. The molecule has 1 aromatic rings. The van der Waals surface area contributed by atoms with Crippen LogP contribution in [0.2, 0.25) is 0 Å². The maximum Gasteiger partial charge on any atom is 0.133 e. The number of hydrogen-bond acceptors (Lipinski definition) is 0. The van der Waals surface area contributed by atoms with Crippen molar-refractivity contribution in [2.75, 3.05) is 12.5 Å². The topological polar surface area (TPSA) is 0 Å². The zero-order chi connectivity index (χ0) is 8.97. The Balaban J connectivity index is 0.00000144. The molecule has 0 radical (unpaired) electrons. The fourth-order valence-electron chi connectivity index (χ4n) is 1.18. The number of benzene rings is 1. The predicted molar refractivity (Wildman–Crippen MR) is 59.5 cm³/mol. The summed E-state index contributed by atoms with van der Waals surface area (Å²) in [4.78, 5) is 0. The lowest BCUT2D eigenvalue weighted by Gasteiger charge is -2.02. The maximum absolute atomic E-state index is 3.80. The van der Waals surface area contributed by atoms with Gasteiger partial charge in [-0.15, -0.1) is 0 Å². The van der Waals surface area contributed by atoms with Gasteiger partial charge in [0.2, 0.25) is 0 Å². The molecule has 0 fully saturated rings.